The van der Waals surface area contributed by atoms with E-state index >= 15 is 0 Å². The molecule has 0 atom stereocenters. The van der Waals surface area contributed by atoms with Crippen LogP contribution in [0.4, 0.5) is 0 Å². The summed E-state index contributed by atoms with van der Waals surface area (Å²) in [6.07, 6.45) is 0. The van der Waals surface area contributed by atoms with Gasteiger partial charge in [0.05, 0.1) is 11.1 Å². The lowest BCUT2D eigenvalue weighted by Gasteiger charge is -2.27. The quantitative estimate of drug-likeness (QED) is 0.837. The molecule has 0 bridgehead atoms. The molecule has 0 aliphatic carbocycles. The zero-order valence-corrected chi connectivity index (χ0v) is 11.9. The number of oxazole rings is 1. The molecule has 1 aromatic carbocycles. The highest BCUT2D eigenvalue weighted by Gasteiger charge is 2.22. The molecule has 6 nitrogen and oxygen atoms in total. The van der Waals surface area contributed by atoms with E-state index in [-0.39, 0.29) is 18.3 Å². The van der Waals surface area contributed by atoms with E-state index < -0.39 is 5.76 Å². The van der Waals surface area contributed by atoms with Crippen LogP contribution in [0.25, 0.3) is 11.1 Å². The van der Waals surface area contributed by atoms with Crippen LogP contribution in [0.15, 0.2) is 27.4 Å². The Bertz CT molecular complexity index is 686. The normalized spacial score (nSPS) is 15.2. The zero-order valence-electron chi connectivity index (χ0n) is 11.1. The van der Waals surface area contributed by atoms with Gasteiger partial charge in [-0.2, -0.15) is 0 Å². The lowest BCUT2D eigenvalue weighted by Crippen LogP contribution is -2.46. The summed E-state index contributed by atoms with van der Waals surface area (Å²) in [7, 11) is 1.63. The molecule has 0 unspecified atom stereocenters. The van der Waals surface area contributed by atoms with E-state index in [2.05, 4.69) is 5.32 Å². The molecule has 0 spiro atoms. The van der Waals surface area contributed by atoms with Gasteiger partial charge in [-0.15, -0.1) is 12.4 Å². The van der Waals surface area contributed by atoms with Gasteiger partial charge in [0.2, 0.25) is 0 Å². The highest BCUT2D eigenvalue weighted by Crippen LogP contribution is 2.19. The standard InChI is InChI=1S/C13H15N3O3.ClH/c1-15-10-4-2-3-9(11(10)19-13(15)18)12(17)16-7-5-14-6-8-16;/h2-4,14H,5-8H2,1H3;1H. The largest absolute Gasteiger partial charge is 0.419 e. The van der Waals surface area contributed by atoms with Gasteiger partial charge in [0, 0.05) is 33.2 Å². The number of nitrogens with zero attached hydrogens (tertiary/aromatic N) is 2. The number of nitrogens with one attached hydrogen (secondary N) is 1. The molecule has 1 amide bonds. The molecule has 2 aromatic rings. The summed E-state index contributed by atoms with van der Waals surface area (Å²) in [6.45, 7) is 2.93. The molecule has 1 aromatic heterocycles. The minimum Gasteiger partial charge on any atom is -0.407 e. The van der Waals surface area contributed by atoms with Gasteiger partial charge in [0.1, 0.15) is 0 Å². The Morgan fingerprint density at radius 1 is 1.30 bits per heavy atom. The van der Waals surface area contributed by atoms with E-state index in [1.165, 1.54) is 4.57 Å². The number of hydrogen-bond acceptors (Lipinski definition) is 4. The molecule has 1 N–H and O–H groups in total. The van der Waals surface area contributed by atoms with Gasteiger partial charge in [-0.1, -0.05) is 6.07 Å². The fraction of sp³-hybridized carbons (Fsp3) is 0.385. The highest BCUT2D eigenvalue weighted by molar-refractivity contribution is 6.04. The summed E-state index contributed by atoms with van der Waals surface area (Å²) < 4.78 is 6.59. The number of benzene rings is 1. The van der Waals surface area contributed by atoms with Crippen molar-refractivity contribution in [3.8, 4) is 0 Å². The third-order valence-corrected chi connectivity index (χ3v) is 3.45. The van der Waals surface area contributed by atoms with E-state index in [0.717, 1.165) is 13.1 Å². The second-order valence-corrected chi connectivity index (χ2v) is 4.62. The minimum atomic E-state index is -0.449. The molecular formula is C13H16ClN3O3. The Morgan fingerprint density at radius 3 is 2.70 bits per heavy atom. The van der Waals surface area contributed by atoms with Gasteiger partial charge in [-0.3, -0.25) is 9.36 Å². The van der Waals surface area contributed by atoms with Crippen LogP contribution in [0, 0.1) is 0 Å². The third-order valence-electron chi connectivity index (χ3n) is 3.45. The van der Waals surface area contributed by atoms with Crippen molar-refractivity contribution < 1.29 is 9.21 Å². The van der Waals surface area contributed by atoms with Crippen LogP contribution >= 0.6 is 12.4 Å². The Kier molecular flexibility index (Phi) is 4.15. The average Bonchev–Trinajstić information content (AvgIpc) is 2.75. The van der Waals surface area contributed by atoms with E-state index in [4.69, 9.17) is 4.42 Å². The number of para-hydroxylation sites is 1. The van der Waals surface area contributed by atoms with Gasteiger partial charge >= 0.3 is 5.76 Å². The van der Waals surface area contributed by atoms with E-state index in [1.807, 2.05) is 0 Å². The van der Waals surface area contributed by atoms with Crippen molar-refractivity contribution in [3.05, 3.63) is 34.3 Å². The number of piperazine rings is 1. The molecule has 0 saturated carbocycles. The predicted octanol–water partition coefficient (Wildman–Crippen LogP) is 0.599. The number of amides is 1. The van der Waals surface area contributed by atoms with Gasteiger partial charge < -0.3 is 14.6 Å². The number of carbonyl (C=O) groups excluding carboxylic acids is 1. The second kappa shape index (κ2) is 5.68. The van der Waals surface area contributed by atoms with Gasteiger partial charge in [0.25, 0.3) is 5.91 Å². The van der Waals surface area contributed by atoms with Crippen LogP contribution in [0.1, 0.15) is 10.4 Å². The maximum atomic E-state index is 12.5. The van der Waals surface area contributed by atoms with E-state index in [1.54, 1.807) is 30.1 Å². The van der Waals surface area contributed by atoms with Crippen molar-refractivity contribution in [1.29, 1.82) is 0 Å². The van der Waals surface area contributed by atoms with Crippen LogP contribution in [0.3, 0.4) is 0 Å². The van der Waals surface area contributed by atoms with E-state index in [0.29, 0.717) is 29.8 Å². The van der Waals surface area contributed by atoms with Crippen molar-refractivity contribution in [1.82, 2.24) is 14.8 Å². The zero-order chi connectivity index (χ0) is 13.4. The molecule has 108 valence electrons. The van der Waals surface area contributed by atoms with Crippen molar-refractivity contribution in [2.45, 2.75) is 0 Å². The van der Waals surface area contributed by atoms with Gasteiger partial charge in [-0.05, 0) is 12.1 Å². The number of rotatable bonds is 1. The summed E-state index contributed by atoms with van der Waals surface area (Å²) in [5.41, 5.74) is 1.47. The number of hydrogen-bond donors (Lipinski definition) is 1. The molecule has 1 saturated heterocycles. The molecule has 0 radical (unpaired) electrons. The molecular weight excluding hydrogens is 282 g/mol. The Labute approximate surface area is 121 Å². The van der Waals surface area contributed by atoms with Crippen LogP contribution in [-0.4, -0.2) is 41.6 Å². The second-order valence-electron chi connectivity index (χ2n) is 4.62. The molecule has 20 heavy (non-hydrogen) atoms. The molecule has 7 heteroatoms. The van der Waals surface area contributed by atoms with Crippen molar-refractivity contribution >= 4 is 29.4 Å². The fourth-order valence-corrected chi connectivity index (χ4v) is 2.36. The molecule has 1 aliphatic rings. The summed E-state index contributed by atoms with van der Waals surface area (Å²) >= 11 is 0. The first kappa shape index (κ1) is 14.6. The number of halogens is 1. The van der Waals surface area contributed by atoms with Crippen LogP contribution < -0.4 is 11.1 Å². The van der Waals surface area contributed by atoms with Crippen LogP contribution in [0.2, 0.25) is 0 Å². The smallest absolute Gasteiger partial charge is 0.407 e. The number of carbonyl (C=O) groups is 1. The Morgan fingerprint density at radius 2 is 2.00 bits per heavy atom. The Hall–Kier alpha value is -1.79. The van der Waals surface area contributed by atoms with Crippen molar-refractivity contribution in [3.63, 3.8) is 0 Å². The van der Waals surface area contributed by atoms with Crippen LogP contribution in [0.5, 0.6) is 0 Å². The van der Waals surface area contributed by atoms with Crippen molar-refractivity contribution in [2.75, 3.05) is 26.2 Å². The lowest BCUT2D eigenvalue weighted by atomic mass is 10.1. The molecule has 1 aliphatic heterocycles. The average molecular weight is 298 g/mol. The monoisotopic (exact) mass is 297 g/mol. The first-order chi connectivity index (χ1) is 9.18. The maximum Gasteiger partial charge on any atom is 0.419 e. The Balaban J connectivity index is 0.00000147. The fourth-order valence-electron chi connectivity index (χ4n) is 2.36. The van der Waals surface area contributed by atoms with E-state index in [9.17, 15) is 9.59 Å². The topological polar surface area (TPSA) is 67.5 Å². The summed E-state index contributed by atoms with van der Waals surface area (Å²) in [5.74, 6) is -0.531. The van der Waals surface area contributed by atoms with Crippen LogP contribution in [-0.2, 0) is 7.05 Å². The molecule has 1 fully saturated rings. The molecule has 3 rings (SSSR count). The lowest BCUT2D eigenvalue weighted by molar-refractivity contribution is 0.0736. The van der Waals surface area contributed by atoms with Crippen molar-refractivity contribution in [2.24, 2.45) is 7.05 Å². The summed E-state index contributed by atoms with van der Waals surface area (Å²) in [5, 5.41) is 3.20. The first-order valence-electron chi connectivity index (χ1n) is 6.27. The summed E-state index contributed by atoms with van der Waals surface area (Å²) in [6, 6.07) is 5.25. The highest BCUT2D eigenvalue weighted by atomic mass is 35.5. The third kappa shape index (κ3) is 2.32. The predicted molar refractivity (Wildman–Crippen MR) is 77.5 cm³/mol. The summed E-state index contributed by atoms with van der Waals surface area (Å²) in [4.78, 5) is 25.8. The first-order valence-corrected chi connectivity index (χ1v) is 6.27. The number of fused-ring (bicyclic) bond motifs is 1. The van der Waals surface area contributed by atoms with Gasteiger partial charge in [0.15, 0.2) is 5.58 Å². The van der Waals surface area contributed by atoms with Gasteiger partial charge in [-0.25, -0.2) is 4.79 Å². The minimum absolute atomic E-state index is 0. The number of aryl methyl sites for hydroxylation is 1. The number of aromatic nitrogens is 1. The molecule has 2 heterocycles. The maximum absolute atomic E-state index is 12.5. The SMILES string of the molecule is Cl.Cn1c(=O)oc2c(C(=O)N3CCNCC3)cccc21.